The van der Waals surface area contributed by atoms with Gasteiger partial charge in [0, 0.05) is 11.8 Å². The summed E-state index contributed by atoms with van der Waals surface area (Å²) in [5, 5.41) is 9.09. The number of hydrogen-bond acceptors (Lipinski definition) is 4. The van der Waals surface area contributed by atoms with Gasteiger partial charge in [0.25, 0.3) is 5.56 Å². The Morgan fingerprint density at radius 2 is 2.33 bits per heavy atom. The molecule has 0 saturated carbocycles. The molecule has 1 aliphatic rings. The molecule has 1 aromatic rings. The number of H-pyrrole nitrogens is 1. The molecule has 0 spiro atoms. The monoisotopic (exact) mass is 256 g/mol. The van der Waals surface area contributed by atoms with Crippen LogP contribution in [0.25, 0.3) is 0 Å². The summed E-state index contributed by atoms with van der Waals surface area (Å²) in [5.41, 5.74) is -2.19. The van der Waals surface area contributed by atoms with Crippen LogP contribution < -0.4 is 11.2 Å². The first kappa shape index (κ1) is 12.7. The number of nitrogens with one attached hydrogen (secondary N) is 1. The number of aliphatic hydroxyl groups excluding tert-OH is 1. The molecule has 2 rings (SSSR count). The third-order valence-electron chi connectivity index (χ3n) is 2.83. The van der Waals surface area contributed by atoms with Crippen LogP contribution in [-0.4, -0.2) is 33.5 Å². The summed E-state index contributed by atoms with van der Waals surface area (Å²) in [4.78, 5) is 25.0. The molecule has 2 atom stereocenters. The highest BCUT2D eigenvalue weighted by Gasteiger charge is 2.36. The van der Waals surface area contributed by atoms with Gasteiger partial charge in [-0.1, -0.05) is 0 Å². The summed E-state index contributed by atoms with van der Waals surface area (Å²) in [6, 6.07) is 0. The molecule has 1 aromatic heterocycles. The lowest BCUT2D eigenvalue weighted by Gasteiger charge is -2.24. The van der Waals surface area contributed by atoms with Crippen molar-refractivity contribution in [2.75, 3.05) is 13.3 Å². The molecule has 0 fully saturated rings. The zero-order chi connectivity index (χ0) is 13.3. The number of hydrogen-bond donors (Lipinski definition) is 2. The third kappa shape index (κ3) is 2.02. The number of aromatic nitrogens is 2. The Morgan fingerprint density at radius 3 is 2.89 bits per heavy atom. The average molecular weight is 256 g/mol. The lowest BCUT2D eigenvalue weighted by molar-refractivity contribution is -0.0941. The van der Waals surface area contributed by atoms with Crippen molar-refractivity contribution in [3.8, 4) is 0 Å². The fourth-order valence-electron chi connectivity index (χ4n) is 1.71. The minimum absolute atomic E-state index is 0.341. The highest BCUT2D eigenvalue weighted by molar-refractivity contribution is 5.12. The topological polar surface area (TPSA) is 84.3 Å². The summed E-state index contributed by atoms with van der Waals surface area (Å²) in [7, 11) is 0. The molecule has 1 aliphatic heterocycles. The SMILES string of the molecule is Cc1cn([C@H]2C=C[C@](CO)(CF)O2)c(=O)[nH]c1=O. The van der Waals surface area contributed by atoms with E-state index < -0.39 is 36.4 Å². The Labute approximate surface area is 101 Å². The van der Waals surface area contributed by atoms with Gasteiger partial charge in [-0.05, 0) is 19.1 Å². The average Bonchev–Trinajstić information content (AvgIpc) is 2.79. The van der Waals surface area contributed by atoms with Crippen LogP contribution in [-0.2, 0) is 4.74 Å². The van der Waals surface area contributed by atoms with Crippen LogP contribution in [0, 0.1) is 6.92 Å². The summed E-state index contributed by atoms with van der Waals surface area (Å²) < 4.78 is 19.3. The van der Waals surface area contributed by atoms with E-state index in [2.05, 4.69) is 4.98 Å². The molecule has 7 heteroatoms. The van der Waals surface area contributed by atoms with Crippen LogP contribution in [0.5, 0.6) is 0 Å². The van der Waals surface area contributed by atoms with Gasteiger partial charge in [0.05, 0.1) is 6.61 Å². The first-order valence-corrected chi connectivity index (χ1v) is 5.37. The number of alkyl halides is 1. The molecule has 0 amide bonds. The van der Waals surface area contributed by atoms with E-state index in [0.717, 1.165) is 4.57 Å². The summed E-state index contributed by atoms with van der Waals surface area (Å²) in [5.74, 6) is 0. The van der Waals surface area contributed by atoms with Gasteiger partial charge in [-0.3, -0.25) is 14.3 Å². The molecule has 98 valence electrons. The number of aryl methyl sites for hydroxylation is 1. The summed E-state index contributed by atoms with van der Waals surface area (Å²) in [6.45, 7) is 0.128. The number of halogens is 1. The Bertz CT molecular complexity index is 585. The molecule has 0 aliphatic carbocycles. The first-order valence-electron chi connectivity index (χ1n) is 5.37. The molecule has 6 nitrogen and oxygen atoms in total. The molecule has 18 heavy (non-hydrogen) atoms. The molecule has 0 radical (unpaired) electrons. The number of aliphatic hydroxyl groups is 1. The van der Waals surface area contributed by atoms with Crippen LogP contribution in [0.4, 0.5) is 4.39 Å². The van der Waals surface area contributed by atoms with Crippen LogP contribution in [0.15, 0.2) is 27.9 Å². The number of ether oxygens (including phenoxy) is 1. The highest BCUT2D eigenvalue weighted by atomic mass is 19.1. The predicted molar refractivity (Wildman–Crippen MR) is 61.1 cm³/mol. The smallest absolute Gasteiger partial charge is 0.330 e. The van der Waals surface area contributed by atoms with Gasteiger partial charge >= 0.3 is 5.69 Å². The van der Waals surface area contributed by atoms with Crippen molar-refractivity contribution in [3.63, 3.8) is 0 Å². The second kappa shape index (κ2) is 4.51. The van der Waals surface area contributed by atoms with E-state index in [4.69, 9.17) is 9.84 Å². The van der Waals surface area contributed by atoms with Crippen LogP contribution >= 0.6 is 0 Å². The van der Waals surface area contributed by atoms with Crippen molar-refractivity contribution in [1.29, 1.82) is 0 Å². The fourth-order valence-corrected chi connectivity index (χ4v) is 1.71. The molecule has 0 unspecified atom stereocenters. The maximum Gasteiger partial charge on any atom is 0.330 e. The van der Waals surface area contributed by atoms with Crippen molar-refractivity contribution in [3.05, 3.63) is 44.8 Å². The lowest BCUT2D eigenvalue weighted by Crippen LogP contribution is -2.38. The molecule has 0 aromatic carbocycles. The lowest BCUT2D eigenvalue weighted by atomic mass is 10.1. The number of aromatic amines is 1. The molecule has 0 bridgehead atoms. The van der Waals surface area contributed by atoms with E-state index in [1.54, 1.807) is 6.92 Å². The van der Waals surface area contributed by atoms with Crippen LogP contribution in [0.3, 0.4) is 0 Å². The highest BCUT2D eigenvalue weighted by Crippen LogP contribution is 2.28. The van der Waals surface area contributed by atoms with E-state index >= 15 is 0 Å². The van der Waals surface area contributed by atoms with Crippen molar-refractivity contribution in [2.45, 2.75) is 18.8 Å². The largest absolute Gasteiger partial charge is 0.393 e. The molecule has 2 heterocycles. The van der Waals surface area contributed by atoms with E-state index in [1.165, 1.54) is 18.3 Å². The summed E-state index contributed by atoms with van der Waals surface area (Å²) in [6.07, 6.45) is 3.34. The first-order chi connectivity index (χ1) is 8.51. The van der Waals surface area contributed by atoms with Crippen molar-refractivity contribution in [1.82, 2.24) is 9.55 Å². The standard InChI is InChI=1S/C11H13FN2O4/c1-7-4-14(10(17)13-9(7)16)8-2-3-11(5-12,6-15)18-8/h2-4,8,15H,5-6H2,1H3,(H,13,16,17)/t8-,11-/m1/s1. The van der Waals surface area contributed by atoms with E-state index in [1.807, 2.05) is 0 Å². The Kier molecular flexibility index (Phi) is 3.18. The van der Waals surface area contributed by atoms with Gasteiger partial charge in [0.2, 0.25) is 0 Å². The van der Waals surface area contributed by atoms with Crippen molar-refractivity contribution < 1.29 is 14.2 Å². The molecule has 2 N–H and O–H groups in total. The maximum absolute atomic E-state index is 12.8. The van der Waals surface area contributed by atoms with E-state index in [-0.39, 0.29) is 0 Å². The molecular formula is C11H13FN2O4. The predicted octanol–water partition coefficient (Wildman–Crippen LogP) is -0.369. The second-order valence-electron chi connectivity index (χ2n) is 4.20. The van der Waals surface area contributed by atoms with Crippen LogP contribution in [0.1, 0.15) is 11.8 Å². The number of rotatable bonds is 3. The van der Waals surface area contributed by atoms with Gasteiger partial charge in [-0.2, -0.15) is 0 Å². The second-order valence-corrected chi connectivity index (χ2v) is 4.20. The van der Waals surface area contributed by atoms with Crippen molar-refractivity contribution >= 4 is 0 Å². The normalized spacial score (nSPS) is 26.7. The third-order valence-corrected chi connectivity index (χ3v) is 2.83. The molecular weight excluding hydrogens is 243 g/mol. The summed E-state index contributed by atoms with van der Waals surface area (Å²) >= 11 is 0. The van der Waals surface area contributed by atoms with Gasteiger partial charge in [0.1, 0.15) is 12.3 Å². The minimum atomic E-state index is -1.41. The van der Waals surface area contributed by atoms with Crippen LogP contribution in [0.2, 0.25) is 0 Å². The minimum Gasteiger partial charge on any atom is -0.393 e. The zero-order valence-corrected chi connectivity index (χ0v) is 9.72. The van der Waals surface area contributed by atoms with Gasteiger partial charge in [-0.15, -0.1) is 0 Å². The fraction of sp³-hybridized carbons (Fsp3) is 0.455. The van der Waals surface area contributed by atoms with Gasteiger partial charge in [-0.25, -0.2) is 9.18 Å². The number of nitrogens with zero attached hydrogens (tertiary/aromatic N) is 1. The van der Waals surface area contributed by atoms with Crippen molar-refractivity contribution in [2.24, 2.45) is 0 Å². The quantitative estimate of drug-likeness (QED) is 0.723. The Morgan fingerprint density at radius 1 is 1.61 bits per heavy atom. The Balaban J connectivity index is 2.37. The zero-order valence-electron chi connectivity index (χ0n) is 9.72. The van der Waals surface area contributed by atoms with Gasteiger partial charge < -0.3 is 9.84 Å². The Hall–Kier alpha value is -1.73. The van der Waals surface area contributed by atoms with E-state index in [9.17, 15) is 14.0 Å². The maximum atomic E-state index is 12.8. The van der Waals surface area contributed by atoms with Gasteiger partial charge in [0.15, 0.2) is 6.23 Å². The molecule has 0 saturated heterocycles. The van der Waals surface area contributed by atoms with E-state index in [0.29, 0.717) is 5.56 Å².